The van der Waals surface area contributed by atoms with Gasteiger partial charge in [-0.15, -0.1) is 0 Å². The Morgan fingerprint density at radius 2 is 1.92 bits per heavy atom. The van der Waals surface area contributed by atoms with E-state index in [-0.39, 0.29) is 17.9 Å². The van der Waals surface area contributed by atoms with E-state index in [0.717, 1.165) is 11.1 Å². The van der Waals surface area contributed by atoms with Crippen molar-refractivity contribution in [3.05, 3.63) is 58.1 Å². The smallest absolute Gasteiger partial charge is 0.335 e. The molecule has 1 amide bonds. The SMILES string of the molecule is O=C(Cc1cc(Cl)c2c(c1)OCCO2)NCCc1cccc(C(=O)O)c1. The molecule has 0 aromatic heterocycles. The fourth-order valence-electron chi connectivity index (χ4n) is 2.72. The Kier molecular flexibility index (Phi) is 5.63. The molecule has 3 rings (SSSR count). The maximum absolute atomic E-state index is 12.1. The molecule has 136 valence electrons. The second-order valence-corrected chi connectivity index (χ2v) is 6.29. The number of amides is 1. The minimum absolute atomic E-state index is 0.146. The van der Waals surface area contributed by atoms with Crippen LogP contribution in [0.15, 0.2) is 36.4 Å². The third-order valence-electron chi connectivity index (χ3n) is 3.93. The highest BCUT2D eigenvalue weighted by molar-refractivity contribution is 6.32. The zero-order valence-corrected chi connectivity index (χ0v) is 14.7. The molecule has 0 unspecified atom stereocenters. The van der Waals surface area contributed by atoms with E-state index in [2.05, 4.69) is 5.32 Å². The van der Waals surface area contributed by atoms with Crippen molar-refractivity contribution in [1.82, 2.24) is 5.32 Å². The summed E-state index contributed by atoms with van der Waals surface area (Å²) in [7, 11) is 0. The molecule has 1 aliphatic rings. The average Bonchev–Trinajstić information content (AvgIpc) is 2.62. The van der Waals surface area contributed by atoms with Gasteiger partial charge in [0.25, 0.3) is 0 Å². The van der Waals surface area contributed by atoms with Crippen molar-refractivity contribution < 1.29 is 24.2 Å². The quantitative estimate of drug-likeness (QED) is 0.810. The van der Waals surface area contributed by atoms with Gasteiger partial charge in [0.2, 0.25) is 5.91 Å². The Hall–Kier alpha value is -2.73. The maximum Gasteiger partial charge on any atom is 0.335 e. The molecule has 2 aromatic carbocycles. The van der Waals surface area contributed by atoms with Crippen LogP contribution in [0.5, 0.6) is 11.5 Å². The Morgan fingerprint density at radius 1 is 1.12 bits per heavy atom. The van der Waals surface area contributed by atoms with Gasteiger partial charge in [0.15, 0.2) is 11.5 Å². The van der Waals surface area contributed by atoms with Crippen LogP contribution in [0.4, 0.5) is 0 Å². The van der Waals surface area contributed by atoms with E-state index in [1.165, 1.54) is 6.07 Å². The number of carboxylic acid groups (broad SMARTS) is 1. The number of carboxylic acids is 1. The lowest BCUT2D eigenvalue weighted by Crippen LogP contribution is -2.27. The number of fused-ring (bicyclic) bond motifs is 1. The van der Waals surface area contributed by atoms with E-state index in [1.807, 2.05) is 6.07 Å². The molecule has 0 saturated carbocycles. The molecule has 6 nitrogen and oxygen atoms in total. The molecule has 7 heteroatoms. The summed E-state index contributed by atoms with van der Waals surface area (Å²) in [4.78, 5) is 23.1. The normalized spacial score (nSPS) is 12.5. The number of nitrogens with one attached hydrogen (secondary N) is 1. The molecule has 2 N–H and O–H groups in total. The lowest BCUT2D eigenvalue weighted by molar-refractivity contribution is -0.120. The van der Waals surface area contributed by atoms with Crippen LogP contribution >= 0.6 is 11.6 Å². The largest absolute Gasteiger partial charge is 0.486 e. The second kappa shape index (κ2) is 8.10. The first-order valence-corrected chi connectivity index (χ1v) is 8.57. The minimum Gasteiger partial charge on any atom is -0.486 e. The fourth-order valence-corrected chi connectivity index (χ4v) is 3.01. The van der Waals surface area contributed by atoms with E-state index >= 15 is 0 Å². The Balaban J connectivity index is 1.54. The van der Waals surface area contributed by atoms with Gasteiger partial charge in [0.05, 0.1) is 17.0 Å². The number of aromatic carboxylic acids is 1. The fraction of sp³-hybridized carbons (Fsp3) is 0.263. The van der Waals surface area contributed by atoms with Crippen molar-refractivity contribution in [3.8, 4) is 11.5 Å². The summed E-state index contributed by atoms with van der Waals surface area (Å²) in [6.07, 6.45) is 0.723. The van der Waals surface area contributed by atoms with Crippen LogP contribution in [0.1, 0.15) is 21.5 Å². The van der Waals surface area contributed by atoms with E-state index in [1.54, 1.807) is 24.3 Å². The summed E-state index contributed by atoms with van der Waals surface area (Å²) in [6.45, 7) is 1.32. The molecular weight excluding hydrogens is 358 g/mol. The number of ether oxygens (including phenoxy) is 2. The monoisotopic (exact) mass is 375 g/mol. The van der Waals surface area contributed by atoms with Crippen molar-refractivity contribution in [2.24, 2.45) is 0 Å². The van der Waals surface area contributed by atoms with Crippen molar-refractivity contribution >= 4 is 23.5 Å². The number of halogens is 1. The summed E-state index contributed by atoms with van der Waals surface area (Å²) in [6, 6.07) is 10.1. The predicted molar refractivity (Wildman–Crippen MR) is 96.3 cm³/mol. The first-order valence-electron chi connectivity index (χ1n) is 8.20. The van der Waals surface area contributed by atoms with Crippen LogP contribution in [0.2, 0.25) is 5.02 Å². The zero-order valence-electron chi connectivity index (χ0n) is 14.0. The molecular formula is C19H18ClNO5. The molecule has 0 bridgehead atoms. The molecule has 0 spiro atoms. The first kappa shape index (κ1) is 18.1. The van der Waals surface area contributed by atoms with E-state index in [4.69, 9.17) is 26.2 Å². The predicted octanol–water partition coefficient (Wildman–Crippen LogP) is 2.71. The van der Waals surface area contributed by atoms with Crippen molar-refractivity contribution in [3.63, 3.8) is 0 Å². The minimum atomic E-state index is -0.966. The van der Waals surface area contributed by atoms with Crippen LogP contribution < -0.4 is 14.8 Å². The van der Waals surface area contributed by atoms with E-state index < -0.39 is 5.97 Å². The Labute approximate surface area is 155 Å². The highest BCUT2D eigenvalue weighted by Crippen LogP contribution is 2.38. The molecule has 0 saturated heterocycles. The van der Waals surface area contributed by atoms with E-state index in [0.29, 0.717) is 42.7 Å². The van der Waals surface area contributed by atoms with Gasteiger partial charge in [0, 0.05) is 6.54 Å². The van der Waals surface area contributed by atoms with Gasteiger partial charge < -0.3 is 19.9 Å². The Morgan fingerprint density at radius 3 is 2.73 bits per heavy atom. The summed E-state index contributed by atoms with van der Waals surface area (Å²) < 4.78 is 11.0. The third-order valence-corrected chi connectivity index (χ3v) is 4.21. The van der Waals surface area contributed by atoms with Crippen LogP contribution in [0.25, 0.3) is 0 Å². The number of rotatable bonds is 6. The summed E-state index contributed by atoms with van der Waals surface area (Å²) in [5.41, 5.74) is 1.83. The molecule has 1 heterocycles. The molecule has 0 fully saturated rings. The van der Waals surface area contributed by atoms with Crippen LogP contribution in [0, 0.1) is 0 Å². The van der Waals surface area contributed by atoms with Crippen molar-refractivity contribution in [2.45, 2.75) is 12.8 Å². The van der Waals surface area contributed by atoms with Gasteiger partial charge in [-0.2, -0.15) is 0 Å². The standard InChI is InChI=1S/C19H18ClNO5/c20-15-9-13(10-16-18(15)26-7-6-25-16)11-17(22)21-5-4-12-2-1-3-14(8-12)19(23)24/h1-3,8-10H,4-7,11H2,(H,21,22)(H,23,24). The summed E-state index contributed by atoms with van der Waals surface area (Å²) in [5.74, 6) is -0.0454. The van der Waals surface area contributed by atoms with Gasteiger partial charge in [-0.05, 0) is 41.8 Å². The summed E-state index contributed by atoms with van der Waals surface area (Å²) in [5, 5.41) is 12.2. The van der Waals surface area contributed by atoms with Gasteiger partial charge in [-0.25, -0.2) is 4.79 Å². The van der Waals surface area contributed by atoms with Gasteiger partial charge in [0.1, 0.15) is 13.2 Å². The Bertz CT molecular complexity index is 837. The molecule has 1 aliphatic heterocycles. The van der Waals surface area contributed by atoms with Gasteiger partial charge in [-0.1, -0.05) is 23.7 Å². The number of carbonyl (C=O) groups excluding carboxylic acids is 1. The molecule has 0 aliphatic carbocycles. The van der Waals surface area contributed by atoms with E-state index in [9.17, 15) is 9.59 Å². The third kappa shape index (κ3) is 4.46. The van der Waals surface area contributed by atoms with Crippen LogP contribution in [-0.2, 0) is 17.6 Å². The summed E-state index contributed by atoms with van der Waals surface area (Å²) >= 11 is 6.17. The molecule has 2 aromatic rings. The highest BCUT2D eigenvalue weighted by atomic mass is 35.5. The molecule has 26 heavy (non-hydrogen) atoms. The van der Waals surface area contributed by atoms with Crippen LogP contribution in [-0.4, -0.2) is 36.7 Å². The number of benzene rings is 2. The molecule has 0 radical (unpaired) electrons. The zero-order chi connectivity index (χ0) is 18.5. The van der Waals surface area contributed by atoms with Crippen molar-refractivity contribution in [2.75, 3.05) is 19.8 Å². The number of hydrogen-bond acceptors (Lipinski definition) is 4. The number of hydrogen-bond donors (Lipinski definition) is 2. The lowest BCUT2D eigenvalue weighted by Gasteiger charge is -2.20. The molecule has 0 atom stereocenters. The first-order chi connectivity index (χ1) is 12.5. The highest BCUT2D eigenvalue weighted by Gasteiger charge is 2.17. The number of carbonyl (C=O) groups is 2. The lowest BCUT2D eigenvalue weighted by atomic mass is 10.1. The maximum atomic E-state index is 12.1. The second-order valence-electron chi connectivity index (χ2n) is 5.88. The van der Waals surface area contributed by atoms with Crippen molar-refractivity contribution in [1.29, 1.82) is 0 Å². The van der Waals surface area contributed by atoms with Gasteiger partial charge in [-0.3, -0.25) is 4.79 Å². The van der Waals surface area contributed by atoms with Gasteiger partial charge >= 0.3 is 5.97 Å². The average molecular weight is 376 g/mol. The van der Waals surface area contributed by atoms with Crippen LogP contribution in [0.3, 0.4) is 0 Å². The topological polar surface area (TPSA) is 84.9 Å².